The number of nitrogens with zero attached hydrogens (tertiary/aromatic N) is 1. The Bertz CT molecular complexity index is 566. The topological polar surface area (TPSA) is 23.5 Å². The zero-order chi connectivity index (χ0) is 12.6. The van der Waals surface area contributed by atoms with E-state index in [1.54, 1.807) is 0 Å². The zero-order valence-corrected chi connectivity index (χ0v) is 10.8. The maximum atomic E-state index is 10.8. The SMILES string of the molecule is CN1CCCC(O)(c2ccc3ccccc3c2)C1. The second-order valence-electron chi connectivity index (χ2n) is 5.43. The van der Waals surface area contributed by atoms with Gasteiger partial charge in [0.2, 0.25) is 0 Å². The monoisotopic (exact) mass is 241 g/mol. The summed E-state index contributed by atoms with van der Waals surface area (Å²) in [6.07, 6.45) is 1.91. The average Bonchev–Trinajstić information content (AvgIpc) is 2.38. The van der Waals surface area contributed by atoms with Crippen molar-refractivity contribution >= 4 is 10.8 Å². The summed E-state index contributed by atoms with van der Waals surface area (Å²) in [4.78, 5) is 2.21. The van der Waals surface area contributed by atoms with E-state index in [0.29, 0.717) is 0 Å². The van der Waals surface area contributed by atoms with E-state index in [1.807, 2.05) is 12.1 Å². The Labute approximate surface area is 108 Å². The molecule has 1 unspecified atom stereocenters. The number of benzene rings is 2. The third-order valence-electron chi connectivity index (χ3n) is 3.95. The summed E-state index contributed by atoms with van der Waals surface area (Å²) in [6, 6.07) is 14.6. The Morgan fingerprint density at radius 2 is 1.89 bits per heavy atom. The third-order valence-corrected chi connectivity index (χ3v) is 3.95. The molecule has 0 amide bonds. The number of piperidine rings is 1. The van der Waals surface area contributed by atoms with Crippen molar-refractivity contribution in [2.45, 2.75) is 18.4 Å². The first kappa shape index (κ1) is 11.7. The van der Waals surface area contributed by atoms with E-state index in [2.05, 4.69) is 42.3 Å². The fourth-order valence-corrected chi connectivity index (χ4v) is 2.96. The van der Waals surface area contributed by atoms with Crippen molar-refractivity contribution in [3.63, 3.8) is 0 Å². The van der Waals surface area contributed by atoms with Crippen molar-refractivity contribution in [1.82, 2.24) is 4.90 Å². The lowest BCUT2D eigenvalue weighted by Gasteiger charge is -2.37. The number of aliphatic hydroxyl groups is 1. The van der Waals surface area contributed by atoms with Crippen LogP contribution in [0, 0.1) is 0 Å². The van der Waals surface area contributed by atoms with Gasteiger partial charge < -0.3 is 10.0 Å². The van der Waals surface area contributed by atoms with E-state index in [0.717, 1.165) is 31.5 Å². The first-order chi connectivity index (χ1) is 8.67. The van der Waals surface area contributed by atoms with Crippen LogP contribution in [0.1, 0.15) is 18.4 Å². The van der Waals surface area contributed by atoms with Crippen molar-refractivity contribution < 1.29 is 5.11 Å². The van der Waals surface area contributed by atoms with Crippen LogP contribution < -0.4 is 0 Å². The van der Waals surface area contributed by atoms with Crippen LogP contribution in [0.15, 0.2) is 42.5 Å². The van der Waals surface area contributed by atoms with E-state index in [4.69, 9.17) is 0 Å². The van der Waals surface area contributed by atoms with E-state index in [9.17, 15) is 5.11 Å². The highest BCUT2D eigenvalue weighted by Gasteiger charge is 2.33. The largest absolute Gasteiger partial charge is 0.384 e. The van der Waals surface area contributed by atoms with Gasteiger partial charge in [-0.3, -0.25) is 0 Å². The number of likely N-dealkylation sites (N-methyl/N-ethyl adjacent to an activating group) is 1. The van der Waals surface area contributed by atoms with Gasteiger partial charge in [0.15, 0.2) is 0 Å². The average molecular weight is 241 g/mol. The minimum Gasteiger partial charge on any atom is -0.384 e. The maximum absolute atomic E-state index is 10.8. The summed E-state index contributed by atoms with van der Waals surface area (Å²) in [5.41, 5.74) is 0.365. The summed E-state index contributed by atoms with van der Waals surface area (Å²) in [5, 5.41) is 13.3. The molecule has 0 spiro atoms. The highest BCUT2D eigenvalue weighted by molar-refractivity contribution is 5.83. The number of hydrogen-bond donors (Lipinski definition) is 1. The molecule has 18 heavy (non-hydrogen) atoms. The lowest BCUT2D eigenvalue weighted by Crippen LogP contribution is -2.44. The molecule has 0 bridgehead atoms. The molecule has 0 aliphatic carbocycles. The summed E-state index contributed by atoms with van der Waals surface area (Å²) < 4.78 is 0. The lowest BCUT2D eigenvalue weighted by molar-refractivity contribution is -0.0276. The van der Waals surface area contributed by atoms with Gasteiger partial charge in [-0.15, -0.1) is 0 Å². The molecule has 1 fully saturated rings. The van der Waals surface area contributed by atoms with Crippen LogP contribution in [0.2, 0.25) is 0 Å². The molecular weight excluding hydrogens is 222 g/mol. The standard InChI is InChI=1S/C16H19NO/c1-17-10-4-9-16(18,12-17)15-8-7-13-5-2-3-6-14(13)11-15/h2-3,5-8,11,18H,4,9-10,12H2,1H3. The van der Waals surface area contributed by atoms with Crippen molar-refractivity contribution in [2.24, 2.45) is 0 Å². The Balaban J connectivity index is 2.02. The van der Waals surface area contributed by atoms with Gasteiger partial charge in [0.25, 0.3) is 0 Å². The van der Waals surface area contributed by atoms with Gasteiger partial charge in [-0.25, -0.2) is 0 Å². The molecule has 1 atom stereocenters. The Hall–Kier alpha value is -1.38. The van der Waals surface area contributed by atoms with Gasteiger partial charge in [0, 0.05) is 6.54 Å². The molecule has 2 heteroatoms. The van der Waals surface area contributed by atoms with E-state index in [-0.39, 0.29) is 0 Å². The lowest BCUT2D eigenvalue weighted by atomic mass is 9.85. The minimum atomic E-state index is -0.684. The fourth-order valence-electron chi connectivity index (χ4n) is 2.96. The first-order valence-corrected chi connectivity index (χ1v) is 6.58. The predicted molar refractivity (Wildman–Crippen MR) is 74.6 cm³/mol. The molecule has 2 aromatic rings. The number of β-amino-alcohol motifs (C(OH)–C–C–N with tert-alkyl or cyclic N) is 1. The normalized spacial score (nSPS) is 25.4. The molecule has 3 rings (SSSR count). The predicted octanol–water partition coefficient (Wildman–Crippen LogP) is 2.75. The van der Waals surface area contributed by atoms with Crippen LogP contribution in [0.3, 0.4) is 0 Å². The fraction of sp³-hybridized carbons (Fsp3) is 0.375. The van der Waals surface area contributed by atoms with Crippen molar-refractivity contribution in [2.75, 3.05) is 20.1 Å². The summed E-state index contributed by atoms with van der Waals surface area (Å²) in [6.45, 7) is 1.81. The molecule has 94 valence electrons. The van der Waals surface area contributed by atoms with Crippen LogP contribution in [0.25, 0.3) is 10.8 Å². The third kappa shape index (κ3) is 2.02. The summed E-state index contributed by atoms with van der Waals surface area (Å²) >= 11 is 0. The smallest absolute Gasteiger partial charge is 0.102 e. The Morgan fingerprint density at radius 1 is 1.11 bits per heavy atom. The van der Waals surface area contributed by atoms with Gasteiger partial charge in [-0.1, -0.05) is 36.4 Å². The van der Waals surface area contributed by atoms with Crippen LogP contribution >= 0.6 is 0 Å². The van der Waals surface area contributed by atoms with Gasteiger partial charge >= 0.3 is 0 Å². The zero-order valence-electron chi connectivity index (χ0n) is 10.8. The quantitative estimate of drug-likeness (QED) is 0.830. The molecule has 1 aliphatic heterocycles. The molecule has 1 heterocycles. The molecule has 1 N–H and O–H groups in total. The first-order valence-electron chi connectivity index (χ1n) is 6.58. The highest BCUT2D eigenvalue weighted by Crippen LogP contribution is 2.32. The molecular formula is C16H19NO. The Kier molecular flexibility index (Phi) is 2.84. The molecule has 0 aromatic heterocycles. The van der Waals surface area contributed by atoms with E-state index in [1.165, 1.54) is 10.8 Å². The van der Waals surface area contributed by atoms with Crippen molar-refractivity contribution in [3.8, 4) is 0 Å². The van der Waals surface area contributed by atoms with Gasteiger partial charge in [-0.05, 0) is 48.8 Å². The molecule has 0 radical (unpaired) electrons. The molecule has 1 aliphatic rings. The molecule has 0 saturated carbocycles. The summed E-state index contributed by atoms with van der Waals surface area (Å²) in [5.74, 6) is 0. The van der Waals surface area contributed by atoms with Crippen molar-refractivity contribution in [1.29, 1.82) is 0 Å². The van der Waals surface area contributed by atoms with Crippen LogP contribution in [-0.4, -0.2) is 30.1 Å². The van der Waals surface area contributed by atoms with Gasteiger partial charge in [-0.2, -0.15) is 0 Å². The highest BCUT2D eigenvalue weighted by atomic mass is 16.3. The van der Waals surface area contributed by atoms with Crippen LogP contribution in [0.4, 0.5) is 0 Å². The van der Waals surface area contributed by atoms with Crippen LogP contribution in [0.5, 0.6) is 0 Å². The molecule has 2 nitrogen and oxygen atoms in total. The minimum absolute atomic E-state index is 0.684. The maximum Gasteiger partial charge on any atom is 0.102 e. The number of hydrogen-bond acceptors (Lipinski definition) is 2. The van der Waals surface area contributed by atoms with Crippen molar-refractivity contribution in [3.05, 3.63) is 48.0 Å². The second kappa shape index (κ2) is 4.38. The Morgan fingerprint density at radius 3 is 2.67 bits per heavy atom. The summed E-state index contributed by atoms with van der Waals surface area (Å²) in [7, 11) is 2.07. The number of rotatable bonds is 1. The van der Waals surface area contributed by atoms with E-state index < -0.39 is 5.60 Å². The van der Waals surface area contributed by atoms with Crippen LogP contribution in [-0.2, 0) is 5.60 Å². The second-order valence-corrected chi connectivity index (χ2v) is 5.43. The van der Waals surface area contributed by atoms with Gasteiger partial charge in [0.1, 0.15) is 5.60 Å². The number of fused-ring (bicyclic) bond motifs is 1. The molecule has 1 saturated heterocycles. The molecule has 2 aromatic carbocycles. The number of likely N-dealkylation sites (tertiary alicyclic amines) is 1. The van der Waals surface area contributed by atoms with E-state index >= 15 is 0 Å². The van der Waals surface area contributed by atoms with Gasteiger partial charge in [0.05, 0.1) is 0 Å².